The molecule has 1 N–H and O–H groups in total. The van der Waals surface area contributed by atoms with Gasteiger partial charge < -0.3 is 5.32 Å². The van der Waals surface area contributed by atoms with Crippen LogP contribution in [-0.2, 0) is 9.59 Å². The minimum Gasteiger partial charge on any atom is -0.326 e. The minimum atomic E-state index is -0.0386. The second-order valence-corrected chi connectivity index (χ2v) is 7.77. The van der Waals surface area contributed by atoms with E-state index in [2.05, 4.69) is 31.3 Å². The van der Waals surface area contributed by atoms with Crippen LogP contribution in [0.4, 0.5) is 11.4 Å². The standard InChI is InChI=1S/C21H24N2O2S/c1-4-19(24)22-17-9-5-16(6-10-17)21-23(20(25)13-26-21)18-11-7-15(8-12-18)14(2)3/h5-12,14,21H,4,13H2,1-3H3,(H,22,24)/t21-/m0/s1. The summed E-state index contributed by atoms with van der Waals surface area (Å²) in [5.74, 6) is 1.07. The zero-order valence-electron chi connectivity index (χ0n) is 15.4. The summed E-state index contributed by atoms with van der Waals surface area (Å²) in [5, 5.41) is 2.81. The van der Waals surface area contributed by atoms with E-state index in [9.17, 15) is 9.59 Å². The molecular weight excluding hydrogens is 344 g/mol. The van der Waals surface area contributed by atoms with Gasteiger partial charge in [0.25, 0.3) is 0 Å². The second kappa shape index (κ2) is 7.96. The predicted octanol–water partition coefficient (Wildman–Crippen LogP) is 4.94. The third-order valence-electron chi connectivity index (χ3n) is 4.51. The van der Waals surface area contributed by atoms with Gasteiger partial charge in [0, 0.05) is 17.8 Å². The van der Waals surface area contributed by atoms with Crippen molar-refractivity contribution < 1.29 is 9.59 Å². The molecule has 1 saturated heterocycles. The molecule has 0 saturated carbocycles. The van der Waals surface area contributed by atoms with E-state index in [4.69, 9.17) is 0 Å². The molecule has 3 rings (SSSR count). The van der Waals surface area contributed by atoms with Crippen LogP contribution >= 0.6 is 11.8 Å². The Morgan fingerprint density at radius 1 is 1.15 bits per heavy atom. The lowest BCUT2D eigenvalue weighted by atomic mass is 10.0. The first-order valence-electron chi connectivity index (χ1n) is 8.93. The number of amides is 2. The van der Waals surface area contributed by atoms with Crippen LogP contribution in [0.1, 0.15) is 49.6 Å². The van der Waals surface area contributed by atoms with Crippen LogP contribution in [0.5, 0.6) is 0 Å². The van der Waals surface area contributed by atoms with Crippen LogP contribution in [0.15, 0.2) is 48.5 Å². The van der Waals surface area contributed by atoms with Gasteiger partial charge in [0.15, 0.2) is 0 Å². The zero-order valence-corrected chi connectivity index (χ0v) is 16.2. The highest BCUT2D eigenvalue weighted by Gasteiger charge is 2.34. The Balaban J connectivity index is 1.82. The average molecular weight is 369 g/mol. The van der Waals surface area contributed by atoms with Gasteiger partial charge >= 0.3 is 0 Å². The second-order valence-electron chi connectivity index (χ2n) is 6.70. The van der Waals surface area contributed by atoms with Crippen LogP contribution < -0.4 is 10.2 Å². The van der Waals surface area contributed by atoms with Crippen molar-refractivity contribution in [3.05, 3.63) is 59.7 Å². The summed E-state index contributed by atoms with van der Waals surface area (Å²) in [5.41, 5.74) is 4.03. The molecule has 1 heterocycles. The van der Waals surface area contributed by atoms with Crippen LogP contribution in [0.2, 0.25) is 0 Å². The average Bonchev–Trinajstić information content (AvgIpc) is 3.03. The van der Waals surface area contributed by atoms with Crippen molar-refractivity contribution in [1.29, 1.82) is 0 Å². The third kappa shape index (κ3) is 3.93. The number of rotatable bonds is 5. The largest absolute Gasteiger partial charge is 0.326 e. The quantitative estimate of drug-likeness (QED) is 0.813. The summed E-state index contributed by atoms with van der Waals surface area (Å²) in [6, 6.07) is 16.0. The molecule has 2 aromatic carbocycles. The van der Waals surface area contributed by atoms with Gasteiger partial charge in [0.2, 0.25) is 11.8 Å². The number of carbonyl (C=O) groups is 2. The first kappa shape index (κ1) is 18.5. The van der Waals surface area contributed by atoms with Gasteiger partial charge in [-0.25, -0.2) is 0 Å². The van der Waals surface area contributed by atoms with Crippen LogP contribution in [0, 0.1) is 0 Å². The van der Waals surface area contributed by atoms with E-state index in [1.54, 1.807) is 11.8 Å². The highest BCUT2D eigenvalue weighted by Crippen LogP contribution is 2.42. The highest BCUT2D eigenvalue weighted by molar-refractivity contribution is 8.00. The lowest BCUT2D eigenvalue weighted by molar-refractivity contribution is -0.116. The Kier molecular flexibility index (Phi) is 5.67. The zero-order chi connectivity index (χ0) is 18.7. The molecule has 4 nitrogen and oxygen atoms in total. The van der Waals surface area contributed by atoms with Crippen LogP contribution in [-0.4, -0.2) is 17.6 Å². The fraction of sp³-hybridized carbons (Fsp3) is 0.333. The molecule has 26 heavy (non-hydrogen) atoms. The molecule has 1 atom stereocenters. The molecule has 1 aliphatic heterocycles. The van der Waals surface area contributed by atoms with Gasteiger partial charge in [-0.05, 0) is 41.3 Å². The fourth-order valence-electron chi connectivity index (χ4n) is 2.95. The maximum absolute atomic E-state index is 12.5. The first-order chi connectivity index (χ1) is 12.5. The Labute approximate surface area is 159 Å². The smallest absolute Gasteiger partial charge is 0.238 e. The van der Waals surface area contributed by atoms with Crippen LogP contribution in [0.25, 0.3) is 0 Å². The maximum atomic E-state index is 12.5. The van der Waals surface area contributed by atoms with E-state index in [1.807, 2.05) is 48.2 Å². The van der Waals surface area contributed by atoms with Gasteiger partial charge in [0.1, 0.15) is 5.37 Å². The Morgan fingerprint density at radius 2 is 1.81 bits per heavy atom. The van der Waals surface area contributed by atoms with Gasteiger partial charge in [-0.15, -0.1) is 11.8 Å². The fourth-order valence-corrected chi connectivity index (χ4v) is 4.13. The third-order valence-corrected chi connectivity index (χ3v) is 5.72. The maximum Gasteiger partial charge on any atom is 0.238 e. The van der Waals surface area contributed by atoms with Crippen molar-refractivity contribution in [2.24, 2.45) is 0 Å². The van der Waals surface area contributed by atoms with Crippen molar-refractivity contribution in [3.8, 4) is 0 Å². The lowest BCUT2D eigenvalue weighted by Crippen LogP contribution is -2.27. The molecule has 0 aromatic heterocycles. The molecule has 0 radical (unpaired) electrons. The predicted molar refractivity (Wildman–Crippen MR) is 109 cm³/mol. The molecule has 5 heteroatoms. The number of hydrogen-bond donors (Lipinski definition) is 1. The normalized spacial score (nSPS) is 17.0. The Bertz CT molecular complexity index is 785. The highest BCUT2D eigenvalue weighted by atomic mass is 32.2. The summed E-state index contributed by atoms with van der Waals surface area (Å²) >= 11 is 1.63. The van der Waals surface area contributed by atoms with E-state index in [0.717, 1.165) is 16.9 Å². The van der Waals surface area contributed by atoms with E-state index in [0.29, 0.717) is 18.1 Å². The lowest BCUT2D eigenvalue weighted by Gasteiger charge is -2.25. The number of carbonyl (C=O) groups excluding carboxylic acids is 2. The van der Waals surface area contributed by atoms with Crippen molar-refractivity contribution in [3.63, 3.8) is 0 Å². The summed E-state index contributed by atoms with van der Waals surface area (Å²) < 4.78 is 0. The SMILES string of the molecule is CCC(=O)Nc1ccc([C@@H]2SCC(=O)N2c2ccc(C(C)C)cc2)cc1. The summed E-state index contributed by atoms with van der Waals surface area (Å²) in [6.07, 6.45) is 0.453. The van der Waals surface area contributed by atoms with Gasteiger partial charge in [-0.1, -0.05) is 45.0 Å². The summed E-state index contributed by atoms with van der Waals surface area (Å²) in [7, 11) is 0. The van der Waals surface area contributed by atoms with E-state index in [-0.39, 0.29) is 17.2 Å². The Hall–Kier alpha value is -2.27. The van der Waals surface area contributed by atoms with E-state index in [1.165, 1.54) is 5.56 Å². The molecule has 1 fully saturated rings. The summed E-state index contributed by atoms with van der Waals surface area (Å²) in [4.78, 5) is 25.9. The minimum absolute atomic E-state index is 0.00459. The van der Waals surface area contributed by atoms with Crippen molar-refractivity contribution in [1.82, 2.24) is 0 Å². The molecule has 0 bridgehead atoms. The number of hydrogen-bond acceptors (Lipinski definition) is 3. The first-order valence-corrected chi connectivity index (χ1v) is 9.98. The van der Waals surface area contributed by atoms with E-state index < -0.39 is 0 Å². The van der Waals surface area contributed by atoms with Gasteiger partial charge in [-0.2, -0.15) is 0 Å². The van der Waals surface area contributed by atoms with Crippen molar-refractivity contribution in [2.45, 2.75) is 38.5 Å². The molecule has 2 aromatic rings. The summed E-state index contributed by atoms with van der Waals surface area (Å²) in [6.45, 7) is 6.15. The number of anilines is 2. The monoisotopic (exact) mass is 368 g/mol. The van der Waals surface area contributed by atoms with Gasteiger partial charge in [0.05, 0.1) is 5.75 Å². The van der Waals surface area contributed by atoms with Crippen molar-refractivity contribution >= 4 is 35.0 Å². The number of nitrogens with zero attached hydrogens (tertiary/aromatic N) is 1. The molecule has 0 unspecified atom stereocenters. The number of thioether (sulfide) groups is 1. The van der Waals surface area contributed by atoms with Crippen LogP contribution in [0.3, 0.4) is 0 Å². The molecule has 2 amide bonds. The molecule has 1 aliphatic rings. The van der Waals surface area contributed by atoms with Gasteiger partial charge in [-0.3, -0.25) is 14.5 Å². The molecular formula is C21H24N2O2S. The number of nitrogens with one attached hydrogen (secondary N) is 1. The molecule has 0 aliphatic carbocycles. The topological polar surface area (TPSA) is 49.4 Å². The van der Waals surface area contributed by atoms with E-state index >= 15 is 0 Å². The number of benzene rings is 2. The molecule has 0 spiro atoms. The molecule has 136 valence electrons. The van der Waals surface area contributed by atoms with Crippen molar-refractivity contribution in [2.75, 3.05) is 16.0 Å². The Morgan fingerprint density at radius 3 is 2.38 bits per heavy atom.